The number of aliphatic imine (C=N–C) groups is 1. The van der Waals surface area contributed by atoms with Gasteiger partial charge in [0.05, 0.1) is 6.21 Å². The predicted molar refractivity (Wildman–Crippen MR) is 39.2 cm³/mol. The number of amidine groups is 1. The summed E-state index contributed by atoms with van der Waals surface area (Å²) >= 11 is 0. The van der Waals surface area contributed by atoms with E-state index in [1.54, 1.807) is 18.6 Å². The molecule has 0 unspecified atom stereocenters. The molecule has 0 fully saturated rings. The van der Waals surface area contributed by atoms with E-state index < -0.39 is 0 Å². The van der Waals surface area contributed by atoms with Crippen LogP contribution in [0, 0.1) is 0 Å². The molecule has 0 aromatic rings. The summed E-state index contributed by atoms with van der Waals surface area (Å²) < 4.78 is 0. The molecule has 0 aromatic heterocycles. The van der Waals surface area contributed by atoms with Gasteiger partial charge in [-0.25, -0.2) is 0 Å². The standard InChI is InChI=1S/C6H6N4/c1-5-8-9-6-4-7-2-3-10(5)6/h2-4,8H,1H2. The van der Waals surface area contributed by atoms with Gasteiger partial charge in [-0.05, 0) is 0 Å². The molecule has 0 amide bonds. The fraction of sp³-hybridized carbons (Fsp3) is 0. The van der Waals surface area contributed by atoms with Crippen LogP contribution in [0.3, 0.4) is 0 Å². The molecule has 2 aliphatic rings. The summed E-state index contributed by atoms with van der Waals surface area (Å²) in [5.74, 6) is 1.55. The van der Waals surface area contributed by atoms with Crippen LogP contribution >= 0.6 is 0 Å². The van der Waals surface area contributed by atoms with Gasteiger partial charge in [-0.2, -0.15) is 5.10 Å². The number of hydrogen-bond acceptors (Lipinski definition) is 4. The summed E-state index contributed by atoms with van der Waals surface area (Å²) in [6.45, 7) is 3.73. The molecule has 1 N–H and O–H groups in total. The Balaban J connectivity index is 2.39. The maximum atomic E-state index is 3.93. The fourth-order valence-corrected chi connectivity index (χ4v) is 0.840. The zero-order valence-corrected chi connectivity index (χ0v) is 5.28. The monoisotopic (exact) mass is 134 g/mol. The van der Waals surface area contributed by atoms with Gasteiger partial charge in [0.25, 0.3) is 0 Å². The molecule has 4 nitrogen and oxygen atoms in total. The molecule has 0 aliphatic carbocycles. The minimum absolute atomic E-state index is 0.761. The molecular weight excluding hydrogens is 128 g/mol. The van der Waals surface area contributed by atoms with Gasteiger partial charge in [0.15, 0.2) is 5.84 Å². The third kappa shape index (κ3) is 0.556. The first-order valence-corrected chi connectivity index (χ1v) is 2.89. The Morgan fingerprint density at radius 2 is 2.50 bits per heavy atom. The van der Waals surface area contributed by atoms with Crippen molar-refractivity contribution in [1.29, 1.82) is 0 Å². The summed E-state index contributed by atoms with van der Waals surface area (Å²) in [4.78, 5) is 5.72. The van der Waals surface area contributed by atoms with E-state index in [-0.39, 0.29) is 0 Å². The van der Waals surface area contributed by atoms with Crippen LogP contribution in [0.15, 0.2) is 34.9 Å². The van der Waals surface area contributed by atoms with Crippen molar-refractivity contribution in [2.75, 3.05) is 0 Å². The second kappa shape index (κ2) is 1.70. The maximum absolute atomic E-state index is 3.93. The van der Waals surface area contributed by atoms with Crippen LogP contribution in [0.5, 0.6) is 0 Å². The molecule has 0 radical (unpaired) electrons. The first kappa shape index (κ1) is 5.22. The average Bonchev–Trinajstić information content (AvgIpc) is 2.34. The van der Waals surface area contributed by atoms with Crippen molar-refractivity contribution in [1.82, 2.24) is 10.3 Å². The van der Waals surface area contributed by atoms with Crippen LogP contribution < -0.4 is 5.43 Å². The summed E-state index contributed by atoms with van der Waals surface area (Å²) in [6, 6.07) is 0. The molecule has 10 heavy (non-hydrogen) atoms. The number of nitrogens with zero attached hydrogens (tertiary/aromatic N) is 3. The number of nitrogens with one attached hydrogen (secondary N) is 1. The van der Waals surface area contributed by atoms with E-state index in [4.69, 9.17) is 0 Å². The lowest BCUT2D eigenvalue weighted by atomic mass is 10.5. The minimum atomic E-state index is 0.761. The lowest BCUT2D eigenvalue weighted by Gasteiger charge is -2.13. The smallest absolute Gasteiger partial charge is 0.177 e. The van der Waals surface area contributed by atoms with Gasteiger partial charge in [0.1, 0.15) is 5.82 Å². The quantitative estimate of drug-likeness (QED) is 0.515. The molecular formula is C6H6N4. The van der Waals surface area contributed by atoms with Gasteiger partial charge in [-0.1, -0.05) is 6.58 Å². The van der Waals surface area contributed by atoms with Crippen molar-refractivity contribution in [3.05, 3.63) is 24.8 Å². The van der Waals surface area contributed by atoms with Gasteiger partial charge < -0.3 is 0 Å². The molecule has 2 rings (SSSR count). The lowest BCUT2D eigenvalue weighted by Crippen LogP contribution is -2.23. The van der Waals surface area contributed by atoms with Crippen molar-refractivity contribution >= 4 is 12.1 Å². The maximum Gasteiger partial charge on any atom is 0.177 e. The second-order valence-electron chi connectivity index (χ2n) is 1.97. The van der Waals surface area contributed by atoms with E-state index in [0.717, 1.165) is 11.7 Å². The molecule has 0 spiro atoms. The Labute approximate surface area is 58.2 Å². The Morgan fingerprint density at radius 1 is 1.60 bits per heavy atom. The number of fused-ring (bicyclic) bond motifs is 1. The molecule has 0 aromatic carbocycles. The molecule has 4 heteroatoms. The molecule has 0 atom stereocenters. The first-order chi connectivity index (χ1) is 4.88. The van der Waals surface area contributed by atoms with Gasteiger partial charge in [0.2, 0.25) is 0 Å². The largest absolute Gasteiger partial charge is 0.283 e. The topological polar surface area (TPSA) is 40.0 Å². The summed E-state index contributed by atoms with van der Waals surface area (Å²) in [5, 5.41) is 3.93. The van der Waals surface area contributed by atoms with Crippen LogP contribution in [0.1, 0.15) is 0 Å². The van der Waals surface area contributed by atoms with E-state index in [0.29, 0.717) is 0 Å². The van der Waals surface area contributed by atoms with E-state index >= 15 is 0 Å². The Morgan fingerprint density at radius 3 is 3.30 bits per heavy atom. The van der Waals surface area contributed by atoms with Crippen molar-refractivity contribution < 1.29 is 0 Å². The summed E-state index contributed by atoms with van der Waals surface area (Å²) in [7, 11) is 0. The second-order valence-corrected chi connectivity index (χ2v) is 1.97. The Bertz CT molecular complexity index is 261. The summed E-state index contributed by atoms with van der Waals surface area (Å²) in [6.07, 6.45) is 5.17. The normalized spacial score (nSPS) is 20.6. The SMILES string of the molecule is C=C1NN=C2C=NC=CN12. The Hall–Kier alpha value is -1.58. The highest BCUT2D eigenvalue weighted by atomic mass is 15.5. The molecule has 0 bridgehead atoms. The highest BCUT2D eigenvalue weighted by Crippen LogP contribution is 2.09. The third-order valence-electron chi connectivity index (χ3n) is 1.33. The van der Waals surface area contributed by atoms with Crippen LogP contribution in [-0.4, -0.2) is 17.0 Å². The predicted octanol–water partition coefficient (Wildman–Crippen LogP) is 0.232. The summed E-state index contributed by atoms with van der Waals surface area (Å²) in [5.41, 5.74) is 2.74. The van der Waals surface area contributed by atoms with Crippen LogP contribution in [-0.2, 0) is 0 Å². The lowest BCUT2D eigenvalue weighted by molar-refractivity contribution is 0.673. The highest BCUT2D eigenvalue weighted by molar-refractivity contribution is 6.31. The fourth-order valence-electron chi connectivity index (χ4n) is 0.840. The van der Waals surface area contributed by atoms with Crippen molar-refractivity contribution in [2.45, 2.75) is 0 Å². The van der Waals surface area contributed by atoms with Crippen LogP contribution in [0.4, 0.5) is 0 Å². The number of rotatable bonds is 0. The van der Waals surface area contributed by atoms with E-state index in [2.05, 4.69) is 22.1 Å². The molecule has 50 valence electrons. The zero-order chi connectivity index (χ0) is 6.97. The first-order valence-electron chi connectivity index (χ1n) is 2.89. The van der Waals surface area contributed by atoms with Crippen LogP contribution in [0.2, 0.25) is 0 Å². The van der Waals surface area contributed by atoms with Gasteiger partial charge in [0, 0.05) is 12.4 Å². The molecule has 0 saturated carbocycles. The van der Waals surface area contributed by atoms with Gasteiger partial charge in [-0.15, -0.1) is 0 Å². The van der Waals surface area contributed by atoms with Crippen LogP contribution in [0.25, 0.3) is 0 Å². The van der Waals surface area contributed by atoms with Gasteiger partial charge in [-0.3, -0.25) is 15.3 Å². The van der Waals surface area contributed by atoms with Crippen molar-refractivity contribution in [3.63, 3.8) is 0 Å². The van der Waals surface area contributed by atoms with E-state index in [9.17, 15) is 0 Å². The molecule has 0 saturated heterocycles. The zero-order valence-electron chi connectivity index (χ0n) is 5.28. The molecule has 2 heterocycles. The average molecular weight is 134 g/mol. The minimum Gasteiger partial charge on any atom is -0.283 e. The van der Waals surface area contributed by atoms with E-state index in [1.807, 2.05) is 4.90 Å². The highest BCUT2D eigenvalue weighted by Gasteiger charge is 2.17. The van der Waals surface area contributed by atoms with Gasteiger partial charge >= 0.3 is 0 Å². The third-order valence-corrected chi connectivity index (χ3v) is 1.33. The van der Waals surface area contributed by atoms with E-state index in [1.165, 1.54) is 0 Å². The molecule has 2 aliphatic heterocycles. The Kier molecular flexibility index (Phi) is 0.887. The van der Waals surface area contributed by atoms with Crippen molar-refractivity contribution in [2.24, 2.45) is 10.1 Å². The van der Waals surface area contributed by atoms with Crippen molar-refractivity contribution in [3.8, 4) is 0 Å². The number of hydrazone groups is 1. The number of hydrogen-bond donors (Lipinski definition) is 1.